The molecule has 0 aliphatic carbocycles. The van der Waals surface area contributed by atoms with Crippen molar-refractivity contribution in [1.82, 2.24) is 14.8 Å². The van der Waals surface area contributed by atoms with Gasteiger partial charge in [-0.05, 0) is 36.7 Å². The van der Waals surface area contributed by atoms with Gasteiger partial charge in [0.15, 0.2) is 11.0 Å². The van der Waals surface area contributed by atoms with E-state index in [1.807, 2.05) is 53.6 Å². The van der Waals surface area contributed by atoms with Crippen molar-refractivity contribution < 1.29 is 4.79 Å². The summed E-state index contributed by atoms with van der Waals surface area (Å²) in [7, 11) is 0. The summed E-state index contributed by atoms with van der Waals surface area (Å²) in [5, 5.41) is 13.7. The zero-order valence-corrected chi connectivity index (χ0v) is 18.0. The Kier molecular flexibility index (Phi) is 5.97. The smallest absolute Gasteiger partial charge is 0.237 e. The third-order valence-corrected chi connectivity index (χ3v) is 6.59. The minimum absolute atomic E-state index is 0.0668. The lowest BCUT2D eigenvalue weighted by Gasteiger charge is -2.22. The molecule has 7 heteroatoms. The van der Waals surface area contributed by atoms with E-state index in [0.29, 0.717) is 12.3 Å². The van der Waals surface area contributed by atoms with Crippen molar-refractivity contribution in [3.05, 3.63) is 60.0 Å². The largest absolute Gasteiger partial charge is 0.311 e. The van der Waals surface area contributed by atoms with E-state index in [-0.39, 0.29) is 5.91 Å². The van der Waals surface area contributed by atoms with E-state index in [1.54, 1.807) is 11.3 Å². The van der Waals surface area contributed by atoms with Crippen molar-refractivity contribution in [2.75, 3.05) is 17.2 Å². The topological polar surface area (TPSA) is 51.0 Å². The first-order valence-corrected chi connectivity index (χ1v) is 11.5. The molecule has 0 aliphatic rings. The maximum absolute atomic E-state index is 13.1. The second-order valence-electron chi connectivity index (χ2n) is 6.45. The molecule has 0 aliphatic heterocycles. The number of thiophene rings is 1. The van der Waals surface area contributed by atoms with Crippen molar-refractivity contribution in [1.29, 1.82) is 0 Å². The normalized spacial score (nSPS) is 11.1. The number of hydrogen-bond donors (Lipinski definition) is 0. The molecule has 0 atom stereocenters. The lowest BCUT2D eigenvalue weighted by Crippen LogP contribution is -2.32. The number of amides is 1. The van der Waals surface area contributed by atoms with Gasteiger partial charge >= 0.3 is 0 Å². The Bertz CT molecular complexity index is 1120. The molecule has 0 radical (unpaired) electrons. The van der Waals surface area contributed by atoms with E-state index >= 15 is 0 Å². The van der Waals surface area contributed by atoms with Gasteiger partial charge in [-0.15, -0.1) is 21.5 Å². The van der Waals surface area contributed by atoms with Crippen LogP contribution in [0.4, 0.5) is 5.69 Å². The zero-order valence-electron chi connectivity index (χ0n) is 16.4. The molecule has 0 saturated heterocycles. The summed E-state index contributed by atoms with van der Waals surface area (Å²) in [5.41, 5.74) is 0.951. The highest BCUT2D eigenvalue weighted by Gasteiger charge is 2.19. The summed E-state index contributed by atoms with van der Waals surface area (Å²) in [5.74, 6) is 1.25. The molecule has 0 saturated carbocycles. The first kappa shape index (κ1) is 19.7. The van der Waals surface area contributed by atoms with E-state index in [2.05, 4.69) is 39.9 Å². The number of thioether (sulfide) groups is 1. The van der Waals surface area contributed by atoms with Gasteiger partial charge in [0.1, 0.15) is 0 Å². The van der Waals surface area contributed by atoms with Crippen molar-refractivity contribution in [2.24, 2.45) is 0 Å². The molecule has 29 heavy (non-hydrogen) atoms. The highest BCUT2D eigenvalue weighted by atomic mass is 32.2. The van der Waals surface area contributed by atoms with E-state index in [1.165, 1.54) is 11.8 Å². The number of carbonyl (C=O) groups excluding carboxylic acids is 1. The van der Waals surface area contributed by atoms with Crippen molar-refractivity contribution in [2.45, 2.75) is 25.5 Å². The third-order valence-electron chi connectivity index (χ3n) is 4.77. The Morgan fingerprint density at radius 1 is 1.07 bits per heavy atom. The molecule has 148 valence electrons. The summed E-state index contributed by atoms with van der Waals surface area (Å²) in [6.07, 6.45) is 0. The number of anilines is 1. The Hall–Kier alpha value is -2.64. The molecule has 4 rings (SSSR count). The standard InChI is InChI=1S/C22H22N4OS2/c1-3-25(18-12-7-10-16-9-5-6-11-17(16)18)20(27)15-29-22-24-23-21(26(22)4-2)19-13-8-14-28-19/h5-14H,3-4,15H2,1-2H3. The van der Waals surface area contributed by atoms with Crippen LogP contribution in [0.1, 0.15) is 13.8 Å². The number of carbonyl (C=O) groups is 1. The second-order valence-corrected chi connectivity index (χ2v) is 8.34. The van der Waals surface area contributed by atoms with Crippen LogP contribution < -0.4 is 4.90 Å². The Morgan fingerprint density at radius 3 is 2.66 bits per heavy atom. The van der Waals surface area contributed by atoms with E-state index < -0.39 is 0 Å². The van der Waals surface area contributed by atoms with Gasteiger partial charge in [0, 0.05) is 18.5 Å². The average Bonchev–Trinajstić information content (AvgIpc) is 3.42. The fraction of sp³-hybridized carbons (Fsp3) is 0.227. The summed E-state index contributed by atoms with van der Waals surface area (Å²) >= 11 is 3.09. The molecule has 1 amide bonds. The van der Waals surface area contributed by atoms with Crippen LogP contribution in [0.2, 0.25) is 0 Å². The van der Waals surface area contributed by atoms with E-state index in [0.717, 1.165) is 38.9 Å². The van der Waals surface area contributed by atoms with Crippen LogP contribution in [0.5, 0.6) is 0 Å². The fourth-order valence-electron chi connectivity index (χ4n) is 3.40. The van der Waals surface area contributed by atoms with Gasteiger partial charge in [-0.1, -0.05) is 54.2 Å². The number of rotatable bonds is 7. The van der Waals surface area contributed by atoms with Crippen molar-refractivity contribution in [3.8, 4) is 10.7 Å². The van der Waals surface area contributed by atoms with Crippen LogP contribution in [-0.4, -0.2) is 33.0 Å². The van der Waals surface area contributed by atoms with E-state index in [4.69, 9.17) is 0 Å². The SMILES string of the molecule is CCN(C(=O)CSc1nnc(-c2cccs2)n1CC)c1cccc2ccccc12. The first-order chi connectivity index (χ1) is 14.2. The van der Waals surface area contributed by atoms with Crippen LogP contribution in [0.25, 0.3) is 21.5 Å². The summed E-state index contributed by atoms with van der Waals surface area (Å²) in [6.45, 7) is 5.46. The number of fused-ring (bicyclic) bond motifs is 1. The highest BCUT2D eigenvalue weighted by molar-refractivity contribution is 7.99. The van der Waals surface area contributed by atoms with Gasteiger partial charge < -0.3 is 9.47 Å². The molecule has 0 fully saturated rings. The van der Waals surface area contributed by atoms with Crippen LogP contribution >= 0.6 is 23.1 Å². The minimum Gasteiger partial charge on any atom is -0.311 e. The first-order valence-electron chi connectivity index (χ1n) is 9.61. The van der Waals surface area contributed by atoms with Gasteiger partial charge in [-0.25, -0.2) is 0 Å². The molecule has 2 aromatic carbocycles. The lowest BCUT2D eigenvalue weighted by molar-refractivity contribution is -0.116. The van der Waals surface area contributed by atoms with E-state index in [9.17, 15) is 4.79 Å². The zero-order chi connectivity index (χ0) is 20.2. The highest BCUT2D eigenvalue weighted by Crippen LogP contribution is 2.29. The molecule has 2 aromatic heterocycles. The van der Waals surface area contributed by atoms with Crippen molar-refractivity contribution >= 4 is 45.5 Å². The average molecular weight is 423 g/mol. The van der Waals surface area contributed by atoms with Crippen LogP contribution in [-0.2, 0) is 11.3 Å². The Morgan fingerprint density at radius 2 is 1.90 bits per heavy atom. The Labute approximate surface area is 178 Å². The van der Waals surface area contributed by atoms with Gasteiger partial charge in [-0.2, -0.15) is 0 Å². The minimum atomic E-state index is 0.0668. The summed E-state index contributed by atoms with van der Waals surface area (Å²) in [4.78, 5) is 16.0. The molecular formula is C22H22N4OS2. The molecule has 5 nitrogen and oxygen atoms in total. The van der Waals surface area contributed by atoms with Crippen molar-refractivity contribution in [3.63, 3.8) is 0 Å². The summed E-state index contributed by atoms with van der Waals surface area (Å²) < 4.78 is 2.07. The predicted molar refractivity (Wildman–Crippen MR) is 122 cm³/mol. The van der Waals surface area contributed by atoms with Gasteiger partial charge in [0.2, 0.25) is 5.91 Å². The number of nitrogens with zero attached hydrogens (tertiary/aromatic N) is 4. The number of aromatic nitrogens is 3. The van der Waals surface area contributed by atoms with Gasteiger partial charge in [0.05, 0.1) is 16.3 Å². The third kappa shape index (κ3) is 3.93. The van der Waals surface area contributed by atoms with Gasteiger partial charge in [-0.3, -0.25) is 4.79 Å². The van der Waals surface area contributed by atoms with Crippen LogP contribution in [0, 0.1) is 0 Å². The quantitative estimate of drug-likeness (QED) is 0.378. The monoisotopic (exact) mass is 422 g/mol. The maximum atomic E-state index is 13.1. The predicted octanol–water partition coefficient (Wildman–Crippen LogP) is 5.32. The molecule has 0 N–H and O–H groups in total. The molecule has 4 aromatic rings. The fourth-order valence-corrected chi connectivity index (χ4v) is 4.99. The van der Waals surface area contributed by atoms with Crippen LogP contribution in [0.3, 0.4) is 0 Å². The Balaban J connectivity index is 1.55. The molecular weight excluding hydrogens is 400 g/mol. The second kappa shape index (κ2) is 8.80. The molecule has 0 bridgehead atoms. The van der Waals surface area contributed by atoms with Crippen LogP contribution in [0.15, 0.2) is 65.1 Å². The lowest BCUT2D eigenvalue weighted by atomic mass is 10.1. The number of hydrogen-bond acceptors (Lipinski definition) is 5. The molecule has 0 spiro atoms. The molecule has 0 unspecified atom stereocenters. The summed E-state index contributed by atoms with van der Waals surface area (Å²) in [6, 6.07) is 18.3. The number of benzene rings is 2. The molecule has 2 heterocycles. The maximum Gasteiger partial charge on any atom is 0.237 e. The van der Waals surface area contributed by atoms with Gasteiger partial charge in [0.25, 0.3) is 0 Å².